The van der Waals surface area contributed by atoms with E-state index in [1.54, 1.807) is 22.7 Å². The maximum atomic E-state index is 6.70. The minimum Gasteiger partial charge on any atom is -0.393 e. The SMILES string of the molecule is CCCC[S+](C)c1sc2nc(-c3cccs3)cc(-c3ccccc3)c2c1N. The summed E-state index contributed by atoms with van der Waals surface area (Å²) in [6.45, 7) is 2.24. The van der Waals surface area contributed by atoms with E-state index in [2.05, 4.69) is 67.1 Å². The van der Waals surface area contributed by atoms with E-state index in [0.29, 0.717) is 0 Å². The van der Waals surface area contributed by atoms with Crippen LogP contribution in [0.5, 0.6) is 0 Å². The lowest BCUT2D eigenvalue weighted by atomic mass is 10.0. The standard InChI is InChI=1S/C22H23N2S3/c1-3-4-13-27(2)22-20(23)19-16(15-9-6-5-7-10-15)14-17(24-21(19)26-22)18-11-8-12-25-18/h5-12,14H,3-4,13,23H2,1-2H3/q+1. The van der Waals surface area contributed by atoms with Crippen LogP contribution >= 0.6 is 22.7 Å². The van der Waals surface area contributed by atoms with E-state index < -0.39 is 0 Å². The van der Waals surface area contributed by atoms with Crippen LogP contribution in [-0.2, 0) is 10.9 Å². The number of thiophene rings is 2. The summed E-state index contributed by atoms with van der Waals surface area (Å²) < 4.78 is 1.31. The second-order valence-corrected chi connectivity index (χ2v) is 10.9. The fraction of sp³-hybridized carbons (Fsp3) is 0.227. The quantitative estimate of drug-likeness (QED) is 0.359. The Morgan fingerprint density at radius 1 is 1.11 bits per heavy atom. The van der Waals surface area contributed by atoms with Gasteiger partial charge in [-0.1, -0.05) is 61.1 Å². The van der Waals surface area contributed by atoms with Crippen LogP contribution < -0.4 is 5.73 Å². The third kappa shape index (κ3) is 3.64. The van der Waals surface area contributed by atoms with Crippen molar-refractivity contribution in [1.29, 1.82) is 0 Å². The van der Waals surface area contributed by atoms with E-state index in [4.69, 9.17) is 10.7 Å². The monoisotopic (exact) mass is 411 g/mol. The molecule has 2 nitrogen and oxygen atoms in total. The molecule has 0 bridgehead atoms. The highest BCUT2D eigenvalue weighted by Gasteiger charge is 2.26. The summed E-state index contributed by atoms with van der Waals surface area (Å²) in [4.78, 5) is 7.26. The van der Waals surface area contributed by atoms with Crippen LogP contribution in [0, 0.1) is 0 Å². The number of rotatable bonds is 6. The van der Waals surface area contributed by atoms with Gasteiger partial charge in [-0.15, -0.1) is 11.3 Å². The molecule has 3 heterocycles. The number of unbranched alkanes of at least 4 members (excludes halogenated alkanes) is 1. The zero-order chi connectivity index (χ0) is 18.8. The first kappa shape index (κ1) is 18.5. The molecule has 1 atom stereocenters. The Kier molecular flexibility index (Phi) is 5.53. The highest BCUT2D eigenvalue weighted by atomic mass is 32.2. The van der Waals surface area contributed by atoms with E-state index in [1.165, 1.54) is 38.8 Å². The number of nitrogen functional groups attached to an aromatic ring is 1. The highest BCUT2D eigenvalue weighted by molar-refractivity contribution is 7.98. The Morgan fingerprint density at radius 2 is 1.93 bits per heavy atom. The van der Waals surface area contributed by atoms with Crippen LogP contribution in [0.4, 0.5) is 5.69 Å². The zero-order valence-corrected chi connectivity index (χ0v) is 18.0. The molecule has 0 aliphatic rings. The number of nitrogens with two attached hydrogens (primary N) is 1. The molecule has 0 aliphatic carbocycles. The summed E-state index contributed by atoms with van der Waals surface area (Å²) in [5.74, 6) is 1.20. The van der Waals surface area contributed by atoms with Gasteiger partial charge in [0.2, 0.25) is 4.21 Å². The van der Waals surface area contributed by atoms with Crippen molar-refractivity contribution in [3.05, 3.63) is 53.9 Å². The Balaban J connectivity index is 1.93. The lowest BCUT2D eigenvalue weighted by Crippen LogP contribution is -2.05. The van der Waals surface area contributed by atoms with Gasteiger partial charge in [-0.2, -0.15) is 0 Å². The average molecular weight is 412 g/mol. The van der Waals surface area contributed by atoms with Gasteiger partial charge in [0, 0.05) is 16.3 Å². The number of fused-ring (bicyclic) bond motifs is 1. The topological polar surface area (TPSA) is 38.9 Å². The number of nitrogens with zero attached hydrogens (tertiary/aromatic N) is 1. The van der Waals surface area contributed by atoms with Gasteiger partial charge in [0.15, 0.2) is 0 Å². The molecule has 0 radical (unpaired) electrons. The molecule has 2 N–H and O–H groups in total. The van der Waals surface area contributed by atoms with Gasteiger partial charge in [-0.25, -0.2) is 4.98 Å². The molecule has 27 heavy (non-hydrogen) atoms. The Labute approximate surface area is 171 Å². The van der Waals surface area contributed by atoms with E-state index >= 15 is 0 Å². The number of hydrogen-bond acceptors (Lipinski definition) is 4. The van der Waals surface area contributed by atoms with Crippen molar-refractivity contribution < 1.29 is 0 Å². The third-order valence-electron chi connectivity index (χ3n) is 4.64. The van der Waals surface area contributed by atoms with Gasteiger partial charge in [-0.3, -0.25) is 0 Å². The summed E-state index contributed by atoms with van der Waals surface area (Å²) in [6, 6.07) is 17.0. The van der Waals surface area contributed by atoms with Crippen LogP contribution in [0.1, 0.15) is 19.8 Å². The molecule has 5 heteroatoms. The molecule has 3 aromatic heterocycles. The lowest BCUT2D eigenvalue weighted by Gasteiger charge is -2.07. The van der Waals surface area contributed by atoms with Crippen molar-refractivity contribution in [1.82, 2.24) is 4.98 Å². The first-order chi connectivity index (χ1) is 13.2. The smallest absolute Gasteiger partial charge is 0.234 e. The molecule has 4 rings (SSSR count). The van der Waals surface area contributed by atoms with Crippen molar-refractivity contribution in [2.45, 2.75) is 24.0 Å². The van der Waals surface area contributed by atoms with Crippen LogP contribution in [-0.4, -0.2) is 17.0 Å². The molecule has 0 spiro atoms. The Bertz CT molecular complexity index is 1040. The number of aromatic nitrogens is 1. The van der Waals surface area contributed by atoms with Gasteiger partial charge in [0.1, 0.15) is 22.5 Å². The fourth-order valence-electron chi connectivity index (χ4n) is 3.21. The van der Waals surface area contributed by atoms with Crippen molar-refractivity contribution in [2.24, 2.45) is 0 Å². The second-order valence-electron chi connectivity index (χ2n) is 6.58. The highest BCUT2D eigenvalue weighted by Crippen LogP contribution is 2.43. The van der Waals surface area contributed by atoms with Crippen molar-refractivity contribution in [3.8, 4) is 21.7 Å². The van der Waals surface area contributed by atoms with Gasteiger partial charge >= 0.3 is 0 Å². The number of anilines is 1. The number of hydrogen-bond donors (Lipinski definition) is 1. The van der Waals surface area contributed by atoms with Crippen molar-refractivity contribution in [3.63, 3.8) is 0 Å². The minimum atomic E-state index is 0.171. The largest absolute Gasteiger partial charge is 0.393 e. The number of pyridine rings is 1. The molecule has 0 saturated carbocycles. The minimum absolute atomic E-state index is 0.171. The van der Waals surface area contributed by atoms with Crippen molar-refractivity contribution >= 4 is 49.5 Å². The lowest BCUT2D eigenvalue weighted by molar-refractivity contribution is 0.893. The summed E-state index contributed by atoms with van der Waals surface area (Å²) in [6.07, 6.45) is 4.78. The third-order valence-corrected chi connectivity index (χ3v) is 9.29. The molecule has 138 valence electrons. The van der Waals surface area contributed by atoms with E-state index in [-0.39, 0.29) is 10.9 Å². The fourth-order valence-corrected chi connectivity index (χ4v) is 7.19. The Morgan fingerprint density at radius 3 is 2.63 bits per heavy atom. The molecule has 0 amide bonds. The van der Waals surface area contributed by atoms with E-state index in [9.17, 15) is 0 Å². The Hall–Kier alpha value is -1.82. The van der Waals surface area contributed by atoms with E-state index in [1.807, 2.05) is 0 Å². The first-order valence-electron chi connectivity index (χ1n) is 9.14. The normalized spacial score (nSPS) is 12.5. The molecule has 1 aromatic carbocycles. The summed E-state index contributed by atoms with van der Waals surface area (Å²) in [7, 11) is 0.171. The zero-order valence-electron chi connectivity index (χ0n) is 15.6. The maximum Gasteiger partial charge on any atom is 0.234 e. The molecule has 0 fully saturated rings. The molecular formula is C22H23N2S3+. The molecule has 1 unspecified atom stereocenters. The predicted octanol–water partition coefficient (Wildman–Crippen LogP) is 6.68. The van der Waals surface area contributed by atoms with E-state index in [0.717, 1.165) is 21.6 Å². The summed E-state index contributed by atoms with van der Waals surface area (Å²) in [5, 5.41) is 3.23. The van der Waals surface area contributed by atoms with Gasteiger partial charge in [-0.05, 0) is 35.1 Å². The maximum absolute atomic E-state index is 6.70. The average Bonchev–Trinajstić information content (AvgIpc) is 3.35. The molecule has 4 aromatic rings. The summed E-state index contributed by atoms with van der Waals surface area (Å²) >= 11 is 3.51. The van der Waals surface area contributed by atoms with Crippen LogP contribution in [0.3, 0.4) is 0 Å². The van der Waals surface area contributed by atoms with Gasteiger partial charge in [0.05, 0.1) is 10.6 Å². The van der Waals surface area contributed by atoms with Crippen LogP contribution in [0.25, 0.3) is 31.9 Å². The van der Waals surface area contributed by atoms with Gasteiger partial charge in [0.25, 0.3) is 0 Å². The molecule has 0 saturated heterocycles. The van der Waals surface area contributed by atoms with Crippen LogP contribution in [0.2, 0.25) is 0 Å². The molecule has 0 aliphatic heterocycles. The first-order valence-corrected chi connectivity index (χ1v) is 12.6. The number of benzene rings is 1. The van der Waals surface area contributed by atoms with Crippen molar-refractivity contribution in [2.75, 3.05) is 17.7 Å². The second kappa shape index (κ2) is 8.05. The van der Waals surface area contributed by atoms with Crippen LogP contribution in [0.15, 0.2) is 58.1 Å². The summed E-state index contributed by atoms with van der Waals surface area (Å²) in [5.41, 5.74) is 11.1. The predicted molar refractivity (Wildman–Crippen MR) is 124 cm³/mol. The van der Waals surface area contributed by atoms with Gasteiger partial charge < -0.3 is 5.73 Å². The molecular weight excluding hydrogens is 388 g/mol.